The van der Waals surface area contributed by atoms with Gasteiger partial charge in [0, 0.05) is 13.1 Å². The van der Waals surface area contributed by atoms with Crippen LogP contribution in [-0.2, 0) is 9.53 Å². The van der Waals surface area contributed by atoms with Crippen LogP contribution in [0.15, 0.2) is 0 Å². The number of amides is 1. The smallest absolute Gasteiger partial charge is 0.410 e. The SMILES string of the molecule is CC(C)(C)OC(=O)N1CCCC(CC(O)C(=O)O)C1. The molecule has 0 aromatic rings. The van der Waals surface area contributed by atoms with Crippen LogP contribution in [0.25, 0.3) is 0 Å². The van der Waals surface area contributed by atoms with Crippen LogP contribution < -0.4 is 0 Å². The van der Waals surface area contributed by atoms with Gasteiger partial charge in [-0.05, 0) is 46.0 Å². The third-order valence-electron chi connectivity index (χ3n) is 3.01. The van der Waals surface area contributed by atoms with Crippen molar-refractivity contribution in [1.29, 1.82) is 0 Å². The van der Waals surface area contributed by atoms with Crippen molar-refractivity contribution < 1.29 is 24.5 Å². The lowest BCUT2D eigenvalue weighted by Gasteiger charge is -2.34. The molecular formula is C13H23NO5. The van der Waals surface area contributed by atoms with Crippen LogP contribution in [0.1, 0.15) is 40.0 Å². The maximum Gasteiger partial charge on any atom is 0.410 e. The average molecular weight is 273 g/mol. The second-order valence-corrected chi connectivity index (χ2v) is 6.02. The molecule has 0 aliphatic carbocycles. The lowest BCUT2D eigenvalue weighted by atomic mass is 9.92. The molecule has 1 aliphatic rings. The van der Waals surface area contributed by atoms with Crippen LogP contribution in [0.3, 0.4) is 0 Å². The van der Waals surface area contributed by atoms with Gasteiger partial charge < -0.3 is 19.8 Å². The van der Waals surface area contributed by atoms with Gasteiger partial charge in [0.15, 0.2) is 6.10 Å². The Morgan fingerprint density at radius 3 is 2.58 bits per heavy atom. The predicted octanol–water partition coefficient (Wildman–Crippen LogP) is 1.47. The number of carboxylic acid groups (broad SMARTS) is 1. The number of aliphatic hydroxyl groups excluding tert-OH is 1. The number of carboxylic acids is 1. The van der Waals surface area contributed by atoms with Gasteiger partial charge in [0.25, 0.3) is 0 Å². The van der Waals surface area contributed by atoms with Gasteiger partial charge in [0.1, 0.15) is 5.60 Å². The van der Waals surface area contributed by atoms with Gasteiger partial charge in [-0.3, -0.25) is 0 Å². The number of ether oxygens (including phenoxy) is 1. The molecule has 0 radical (unpaired) electrons. The third kappa shape index (κ3) is 5.46. The van der Waals surface area contributed by atoms with Crippen LogP contribution in [-0.4, -0.2) is 52.0 Å². The van der Waals surface area contributed by atoms with Crippen molar-refractivity contribution in [1.82, 2.24) is 4.90 Å². The van der Waals surface area contributed by atoms with E-state index >= 15 is 0 Å². The highest BCUT2D eigenvalue weighted by Crippen LogP contribution is 2.22. The van der Waals surface area contributed by atoms with Gasteiger partial charge in [-0.25, -0.2) is 9.59 Å². The zero-order chi connectivity index (χ0) is 14.6. The normalized spacial score (nSPS) is 21.9. The second kappa shape index (κ2) is 6.23. The lowest BCUT2D eigenvalue weighted by Crippen LogP contribution is -2.43. The van der Waals surface area contributed by atoms with Crippen molar-refractivity contribution in [2.45, 2.75) is 51.7 Å². The molecule has 0 aromatic heterocycles. The number of hydrogen-bond acceptors (Lipinski definition) is 4. The molecule has 2 atom stereocenters. The molecule has 1 fully saturated rings. The molecule has 0 saturated carbocycles. The van der Waals surface area contributed by atoms with E-state index in [1.54, 1.807) is 25.7 Å². The minimum atomic E-state index is -1.36. The van der Waals surface area contributed by atoms with Crippen molar-refractivity contribution in [3.05, 3.63) is 0 Å². The Kier molecular flexibility index (Phi) is 5.17. The Morgan fingerprint density at radius 2 is 2.05 bits per heavy atom. The number of rotatable bonds is 3. The van der Waals surface area contributed by atoms with E-state index in [9.17, 15) is 14.7 Å². The highest BCUT2D eigenvalue weighted by molar-refractivity contribution is 5.72. The van der Waals surface area contributed by atoms with Crippen LogP contribution in [0, 0.1) is 5.92 Å². The summed E-state index contributed by atoms with van der Waals surface area (Å²) in [6.07, 6.45) is 0.0692. The van der Waals surface area contributed by atoms with E-state index in [1.807, 2.05) is 0 Å². The van der Waals surface area contributed by atoms with Crippen molar-refractivity contribution in [3.63, 3.8) is 0 Å². The summed E-state index contributed by atoms with van der Waals surface area (Å²) < 4.78 is 5.29. The van der Waals surface area contributed by atoms with Gasteiger partial charge in [0.05, 0.1) is 0 Å². The van der Waals surface area contributed by atoms with Crippen LogP contribution in [0.4, 0.5) is 4.79 Å². The average Bonchev–Trinajstić information content (AvgIpc) is 2.27. The number of piperidine rings is 1. The first-order valence-corrected chi connectivity index (χ1v) is 6.58. The maximum atomic E-state index is 11.9. The lowest BCUT2D eigenvalue weighted by molar-refractivity contribution is -0.147. The molecule has 2 N–H and O–H groups in total. The fraction of sp³-hybridized carbons (Fsp3) is 0.846. The van der Waals surface area contributed by atoms with E-state index in [1.165, 1.54) is 0 Å². The highest BCUT2D eigenvalue weighted by atomic mass is 16.6. The Morgan fingerprint density at radius 1 is 1.42 bits per heavy atom. The number of nitrogens with zero attached hydrogens (tertiary/aromatic N) is 1. The van der Waals surface area contributed by atoms with E-state index in [0.29, 0.717) is 13.1 Å². The minimum Gasteiger partial charge on any atom is -0.479 e. The monoisotopic (exact) mass is 273 g/mol. The largest absolute Gasteiger partial charge is 0.479 e. The molecule has 1 rings (SSSR count). The van der Waals surface area contributed by atoms with E-state index in [4.69, 9.17) is 9.84 Å². The molecule has 2 unspecified atom stereocenters. The molecule has 19 heavy (non-hydrogen) atoms. The summed E-state index contributed by atoms with van der Waals surface area (Å²) in [6, 6.07) is 0. The van der Waals surface area contributed by atoms with Crippen LogP contribution >= 0.6 is 0 Å². The number of aliphatic carboxylic acids is 1. The summed E-state index contributed by atoms with van der Waals surface area (Å²) in [4.78, 5) is 24.1. The molecule has 1 saturated heterocycles. The number of likely N-dealkylation sites (tertiary alicyclic amines) is 1. The third-order valence-corrected chi connectivity index (χ3v) is 3.01. The van der Waals surface area contributed by atoms with E-state index in [-0.39, 0.29) is 18.4 Å². The topological polar surface area (TPSA) is 87.1 Å². The van der Waals surface area contributed by atoms with E-state index < -0.39 is 17.7 Å². The number of aliphatic hydroxyl groups is 1. The van der Waals surface area contributed by atoms with Gasteiger partial charge in [-0.1, -0.05) is 0 Å². The summed E-state index contributed by atoms with van der Waals surface area (Å²) in [5.41, 5.74) is -0.537. The van der Waals surface area contributed by atoms with Crippen molar-refractivity contribution in [2.75, 3.05) is 13.1 Å². The molecule has 0 bridgehead atoms. The van der Waals surface area contributed by atoms with E-state index in [2.05, 4.69) is 0 Å². The zero-order valence-electron chi connectivity index (χ0n) is 11.8. The first-order valence-electron chi connectivity index (χ1n) is 6.58. The molecule has 1 aliphatic heterocycles. The standard InChI is InChI=1S/C13H23NO5/c1-13(2,3)19-12(18)14-6-4-5-9(8-14)7-10(15)11(16)17/h9-10,15H,4-8H2,1-3H3,(H,16,17). The van der Waals surface area contributed by atoms with Crippen molar-refractivity contribution in [3.8, 4) is 0 Å². The van der Waals surface area contributed by atoms with Gasteiger partial charge in [-0.15, -0.1) is 0 Å². The predicted molar refractivity (Wildman–Crippen MR) is 68.8 cm³/mol. The summed E-state index contributed by atoms with van der Waals surface area (Å²) in [5, 5.41) is 18.0. The van der Waals surface area contributed by atoms with Crippen molar-refractivity contribution >= 4 is 12.1 Å². The number of hydrogen-bond donors (Lipinski definition) is 2. The summed E-state index contributed by atoms with van der Waals surface area (Å²) in [7, 11) is 0. The van der Waals surface area contributed by atoms with Gasteiger partial charge >= 0.3 is 12.1 Å². The molecule has 1 heterocycles. The summed E-state index contributed by atoms with van der Waals surface area (Å²) in [5.74, 6) is -1.21. The van der Waals surface area contributed by atoms with Crippen LogP contribution in [0.5, 0.6) is 0 Å². The fourth-order valence-electron chi connectivity index (χ4n) is 2.17. The first-order chi connectivity index (χ1) is 8.69. The Bertz CT molecular complexity index is 336. The first kappa shape index (κ1) is 15.8. The molecule has 0 spiro atoms. The van der Waals surface area contributed by atoms with E-state index in [0.717, 1.165) is 12.8 Å². The molecular weight excluding hydrogens is 250 g/mol. The van der Waals surface area contributed by atoms with Gasteiger partial charge in [-0.2, -0.15) is 0 Å². The molecule has 6 heteroatoms. The Hall–Kier alpha value is -1.30. The Balaban J connectivity index is 2.50. The fourth-order valence-corrected chi connectivity index (χ4v) is 2.17. The quantitative estimate of drug-likeness (QED) is 0.813. The zero-order valence-corrected chi connectivity index (χ0v) is 11.8. The molecule has 1 amide bonds. The van der Waals surface area contributed by atoms with Crippen LogP contribution in [0.2, 0.25) is 0 Å². The van der Waals surface area contributed by atoms with Gasteiger partial charge in [0.2, 0.25) is 0 Å². The second-order valence-electron chi connectivity index (χ2n) is 6.02. The number of carbonyl (C=O) groups excluding carboxylic acids is 1. The Labute approximate surface area is 113 Å². The highest BCUT2D eigenvalue weighted by Gasteiger charge is 2.29. The molecule has 6 nitrogen and oxygen atoms in total. The molecule has 110 valence electrons. The van der Waals surface area contributed by atoms with Crippen molar-refractivity contribution in [2.24, 2.45) is 5.92 Å². The molecule has 0 aromatic carbocycles. The number of carbonyl (C=O) groups is 2. The summed E-state index contributed by atoms with van der Waals surface area (Å²) >= 11 is 0. The maximum absolute atomic E-state index is 11.9. The summed E-state index contributed by atoms with van der Waals surface area (Å²) in [6.45, 7) is 6.48. The minimum absolute atomic E-state index is 0.00682.